The van der Waals surface area contributed by atoms with E-state index in [9.17, 15) is 23.1 Å². The number of Topliss-reactive ketones (excluding diaryl/α,β-unsaturated/α-hetero) is 1. The van der Waals surface area contributed by atoms with Crippen LogP contribution in [0, 0.1) is 5.92 Å². The van der Waals surface area contributed by atoms with Crippen LogP contribution in [0.2, 0.25) is 0 Å². The van der Waals surface area contributed by atoms with Gasteiger partial charge in [-0.15, -0.1) is 0 Å². The molecule has 2 aromatic rings. The van der Waals surface area contributed by atoms with Crippen LogP contribution in [0.5, 0.6) is 0 Å². The molecule has 0 amide bonds. The number of alkyl halides is 3. The molecule has 2 aliphatic rings. The molecule has 31 heavy (non-hydrogen) atoms. The van der Waals surface area contributed by atoms with Crippen molar-refractivity contribution in [1.29, 1.82) is 0 Å². The van der Waals surface area contributed by atoms with Gasteiger partial charge in [-0.05, 0) is 69.4 Å². The van der Waals surface area contributed by atoms with Crippen LogP contribution in [-0.2, 0) is 17.4 Å². The first-order valence-corrected chi connectivity index (χ1v) is 11.5. The second-order valence-corrected chi connectivity index (χ2v) is 9.64. The number of fused-ring (bicyclic) bond motifs is 1. The van der Waals surface area contributed by atoms with Crippen molar-refractivity contribution in [1.82, 2.24) is 9.61 Å². The van der Waals surface area contributed by atoms with Gasteiger partial charge in [-0.25, -0.2) is 4.52 Å². The van der Waals surface area contributed by atoms with Crippen molar-refractivity contribution >= 4 is 11.3 Å². The maximum atomic E-state index is 13.2. The third-order valence-corrected chi connectivity index (χ3v) is 7.25. The molecule has 0 bridgehead atoms. The summed E-state index contributed by atoms with van der Waals surface area (Å²) in [5, 5.41) is 15.3. The van der Waals surface area contributed by atoms with Crippen LogP contribution >= 0.6 is 0 Å². The quantitative estimate of drug-likeness (QED) is 0.565. The fraction of sp³-hybridized carbons (Fsp3) is 0.667. The molecule has 0 aliphatic heterocycles. The Hall–Kier alpha value is -1.89. The highest BCUT2D eigenvalue weighted by Gasteiger charge is 2.36. The van der Waals surface area contributed by atoms with Crippen molar-refractivity contribution in [2.24, 2.45) is 5.92 Å². The number of nitrogens with zero attached hydrogens (tertiary/aromatic N) is 2. The number of ketones is 1. The van der Waals surface area contributed by atoms with Gasteiger partial charge >= 0.3 is 6.18 Å². The van der Waals surface area contributed by atoms with Gasteiger partial charge in [0.25, 0.3) is 0 Å². The van der Waals surface area contributed by atoms with Crippen LogP contribution < -0.4 is 0 Å². The Morgan fingerprint density at radius 1 is 1.19 bits per heavy atom. The summed E-state index contributed by atoms with van der Waals surface area (Å²) in [5.41, 5.74) is 0.658. The molecule has 0 radical (unpaired) electrons. The maximum absolute atomic E-state index is 13.2. The molecule has 4 rings (SSSR count). The Morgan fingerprint density at radius 3 is 2.52 bits per heavy atom. The van der Waals surface area contributed by atoms with Crippen molar-refractivity contribution in [3.63, 3.8) is 0 Å². The lowest BCUT2D eigenvalue weighted by molar-refractivity contribution is -0.137. The first kappa shape index (κ1) is 22.3. The maximum Gasteiger partial charge on any atom is 0.416 e. The standard InChI is InChI=1S/C24H31F3N2O2/c1-23(31,17-8-2-3-9-17)15-19(30)10-5-11-20-22(16-6-4-7-16)21-14-18(24(25,26)27)12-13-29(21)28-20/h12-14,16-17,31H,2-11,15H2,1H3. The zero-order chi connectivity index (χ0) is 22.2. The van der Waals surface area contributed by atoms with Crippen LogP contribution in [0.1, 0.15) is 93.9 Å². The Balaban J connectivity index is 1.45. The summed E-state index contributed by atoms with van der Waals surface area (Å²) < 4.78 is 41.2. The molecule has 1 unspecified atom stereocenters. The van der Waals surface area contributed by atoms with E-state index in [4.69, 9.17) is 0 Å². The van der Waals surface area contributed by atoms with Crippen molar-refractivity contribution in [3.05, 3.63) is 35.2 Å². The number of halogens is 3. The summed E-state index contributed by atoms with van der Waals surface area (Å²) in [6.45, 7) is 1.77. The van der Waals surface area contributed by atoms with Gasteiger partial charge in [0.15, 0.2) is 0 Å². The Labute approximate surface area is 180 Å². The molecule has 2 saturated carbocycles. The molecule has 7 heteroatoms. The number of hydrogen-bond acceptors (Lipinski definition) is 3. The zero-order valence-electron chi connectivity index (χ0n) is 18.0. The number of aryl methyl sites for hydroxylation is 1. The van der Waals surface area contributed by atoms with E-state index < -0.39 is 17.3 Å². The molecule has 2 heterocycles. The number of aromatic nitrogens is 2. The highest BCUT2D eigenvalue weighted by atomic mass is 19.4. The van der Waals surface area contributed by atoms with Crippen LogP contribution in [0.4, 0.5) is 13.2 Å². The first-order valence-electron chi connectivity index (χ1n) is 11.5. The lowest BCUT2D eigenvalue weighted by Crippen LogP contribution is -2.35. The zero-order valence-corrected chi connectivity index (χ0v) is 18.0. The van der Waals surface area contributed by atoms with Gasteiger partial charge < -0.3 is 5.11 Å². The van der Waals surface area contributed by atoms with E-state index in [1.807, 2.05) is 0 Å². The van der Waals surface area contributed by atoms with E-state index in [0.29, 0.717) is 24.8 Å². The van der Waals surface area contributed by atoms with E-state index in [2.05, 4.69) is 5.10 Å². The molecule has 2 fully saturated rings. The number of carbonyl (C=O) groups is 1. The summed E-state index contributed by atoms with van der Waals surface area (Å²) in [7, 11) is 0. The first-order chi connectivity index (χ1) is 14.6. The average Bonchev–Trinajstić information content (AvgIpc) is 3.28. The van der Waals surface area contributed by atoms with Crippen molar-refractivity contribution < 1.29 is 23.1 Å². The normalized spacial score (nSPS) is 20.2. The number of aliphatic hydroxyl groups is 1. The van der Waals surface area contributed by atoms with E-state index in [-0.39, 0.29) is 24.0 Å². The molecule has 2 aromatic heterocycles. The molecular weight excluding hydrogens is 405 g/mol. The van der Waals surface area contributed by atoms with Gasteiger partial charge in [-0.1, -0.05) is 19.3 Å². The minimum Gasteiger partial charge on any atom is -0.389 e. The Bertz CT molecular complexity index is 938. The molecule has 1 N–H and O–H groups in total. The van der Waals surface area contributed by atoms with Gasteiger partial charge in [-0.2, -0.15) is 18.3 Å². The second-order valence-electron chi connectivity index (χ2n) is 9.64. The van der Waals surface area contributed by atoms with Crippen LogP contribution in [0.15, 0.2) is 18.3 Å². The second kappa shape index (κ2) is 8.57. The highest BCUT2D eigenvalue weighted by molar-refractivity contribution is 5.79. The molecule has 4 nitrogen and oxygen atoms in total. The van der Waals surface area contributed by atoms with E-state index in [0.717, 1.165) is 62.3 Å². The lowest BCUT2D eigenvalue weighted by atomic mass is 9.78. The van der Waals surface area contributed by atoms with Crippen LogP contribution in [-0.4, -0.2) is 26.1 Å². The predicted molar refractivity (Wildman–Crippen MR) is 112 cm³/mol. The fourth-order valence-electron chi connectivity index (χ4n) is 5.25. The lowest BCUT2D eigenvalue weighted by Gasteiger charge is -2.29. The molecule has 0 saturated heterocycles. The summed E-state index contributed by atoms with van der Waals surface area (Å²) in [6, 6.07) is 2.26. The summed E-state index contributed by atoms with van der Waals surface area (Å²) >= 11 is 0. The molecule has 0 spiro atoms. The number of hydrogen-bond donors (Lipinski definition) is 1. The SMILES string of the molecule is CC(O)(CC(=O)CCCc1nn2ccc(C(F)(F)F)cc2c1C1CCC1)C1CCCC1. The predicted octanol–water partition coefficient (Wildman–Crippen LogP) is 5.84. The topological polar surface area (TPSA) is 54.6 Å². The fourth-order valence-corrected chi connectivity index (χ4v) is 5.25. The highest BCUT2D eigenvalue weighted by Crippen LogP contribution is 2.42. The molecule has 2 aliphatic carbocycles. The summed E-state index contributed by atoms with van der Waals surface area (Å²) in [4.78, 5) is 12.5. The van der Waals surface area contributed by atoms with Gasteiger partial charge in [0.05, 0.1) is 22.4 Å². The van der Waals surface area contributed by atoms with Crippen LogP contribution in [0.25, 0.3) is 5.52 Å². The van der Waals surface area contributed by atoms with Crippen molar-refractivity contribution in [2.45, 2.75) is 95.2 Å². The van der Waals surface area contributed by atoms with Crippen molar-refractivity contribution in [3.8, 4) is 0 Å². The smallest absolute Gasteiger partial charge is 0.389 e. The van der Waals surface area contributed by atoms with Gasteiger partial charge in [0.2, 0.25) is 0 Å². The minimum absolute atomic E-state index is 0.0465. The number of pyridine rings is 1. The van der Waals surface area contributed by atoms with Crippen LogP contribution in [0.3, 0.4) is 0 Å². The third kappa shape index (κ3) is 4.81. The molecule has 0 aromatic carbocycles. The molecule has 1 atom stereocenters. The van der Waals surface area contributed by atoms with E-state index in [1.54, 1.807) is 11.4 Å². The Morgan fingerprint density at radius 2 is 1.90 bits per heavy atom. The average molecular weight is 437 g/mol. The summed E-state index contributed by atoms with van der Waals surface area (Å²) in [5.74, 6) is 0.489. The number of rotatable bonds is 8. The summed E-state index contributed by atoms with van der Waals surface area (Å²) in [6.07, 6.45) is 5.88. The Kier molecular flexibility index (Phi) is 6.16. The van der Waals surface area contributed by atoms with Gasteiger partial charge in [0, 0.05) is 24.6 Å². The van der Waals surface area contributed by atoms with Crippen molar-refractivity contribution in [2.75, 3.05) is 0 Å². The van der Waals surface area contributed by atoms with Gasteiger partial charge in [-0.3, -0.25) is 4.79 Å². The monoisotopic (exact) mass is 436 g/mol. The van der Waals surface area contributed by atoms with E-state index in [1.165, 1.54) is 12.3 Å². The molecular formula is C24H31F3N2O2. The minimum atomic E-state index is -4.38. The number of carbonyl (C=O) groups excluding carboxylic acids is 1. The third-order valence-electron chi connectivity index (χ3n) is 7.25. The largest absolute Gasteiger partial charge is 0.416 e. The molecule has 170 valence electrons. The van der Waals surface area contributed by atoms with Gasteiger partial charge in [0.1, 0.15) is 5.78 Å². The van der Waals surface area contributed by atoms with E-state index >= 15 is 0 Å².